The first-order valence-electron chi connectivity index (χ1n) is 12.6. The molecular weight excluding hydrogens is 542 g/mol. The van der Waals surface area contributed by atoms with E-state index >= 15 is 0 Å². The van der Waals surface area contributed by atoms with E-state index in [-0.39, 0.29) is 17.1 Å². The topological polar surface area (TPSA) is 154 Å². The number of esters is 4. The standard InChI is InChI=1S/C17H19N3O5.C14H10O3/c1-17(2,18-3)16-19-11(15(23)24-4)12(13(21)20-16)25-14(22)10-8-6-5-7-9-10;15-13(11-7-3-1-4-8-11)17-14(16)12-9-5-2-6-10-12/h5-9,18H,1-4H3,(H,19,20,21);1-10H. The lowest BCUT2D eigenvalue weighted by atomic mass is 10.1. The van der Waals surface area contributed by atoms with Crippen LogP contribution in [0.1, 0.15) is 61.2 Å². The molecule has 1 heterocycles. The van der Waals surface area contributed by atoms with Gasteiger partial charge >= 0.3 is 23.9 Å². The Labute approximate surface area is 241 Å². The monoisotopic (exact) mass is 571 g/mol. The Balaban J connectivity index is 0.000000247. The Kier molecular flexibility index (Phi) is 10.6. The molecule has 0 radical (unpaired) electrons. The number of hydrogen-bond acceptors (Lipinski definition) is 10. The van der Waals surface area contributed by atoms with Crippen LogP contribution in [-0.4, -0.2) is 48.0 Å². The SMILES string of the molecule is CNC(C)(C)c1nc(C(=O)OC)c(OC(=O)c2ccccc2)c(=O)[nH]1.O=C(OC(=O)c1ccccc1)c1ccccc1. The fourth-order valence-electron chi connectivity index (χ4n) is 3.28. The van der Waals surface area contributed by atoms with Gasteiger partial charge in [0, 0.05) is 0 Å². The number of benzene rings is 3. The Morgan fingerprint density at radius 3 is 1.55 bits per heavy atom. The van der Waals surface area contributed by atoms with Crippen molar-refractivity contribution in [1.82, 2.24) is 15.3 Å². The molecule has 11 nitrogen and oxygen atoms in total. The number of hydrogen-bond donors (Lipinski definition) is 2. The highest BCUT2D eigenvalue weighted by atomic mass is 16.6. The van der Waals surface area contributed by atoms with Crippen molar-refractivity contribution in [3.8, 4) is 5.75 Å². The second-order valence-corrected chi connectivity index (χ2v) is 9.12. The van der Waals surface area contributed by atoms with E-state index in [1.807, 2.05) is 0 Å². The van der Waals surface area contributed by atoms with Crippen LogP contribution in [0.15, 0.2) is 95.8 Å². The molecule has 0 spiro atoms. The summed E-state index contributed by atoms with van der Waals surface area (Å²) in [5.74, 6) is -3.23. The highest BCUT2D eigenvalue weighted by Gasteiger charge is 2.28. The quantitative estimate of drug-likeness (QED) is 0.246. The molecular formula is C31H29N3O8. The fourth-order valence-corrected chi connectivity index (χ4v) is 3.28. The third-order valence-corrected chi connectivity index (χ3v) is 5.88. The average molecular weight is 572 g/mol. The molecule has 4 rings (SSSR count). The van der Waals surface area contributed by atoms with Gasteiger partial charge in [-0.05, 0) is 57.3 Å². The summed E-state index contributed by atoms with van der Waals surface area (Å²) in [5.41, 5.74) is -0.887. The van der Waals surface area contributed by atoms with Crippen molar-refractivity contribution >= 4 is 23.9 Å². The molecule has 0 saturated carbocycles. The van der Waals surface area contributed by atoms with Crippen LogP contribution >= 0.6 is 0 Å². The lowest BCUT2D eigenvalue weighted by Crippen LogP contribution is -2.38. The zero-order chi connectivity index (χ0) is 30.7. The molecule has 0 aliphatic carbocycles. The number of methoxy groups -OCH3 is 1. The third kappa shape index (κ3) is 8.05. The van der Waals surface area contributed by atoms with E-state index in [1.54, 1.807) is 99.8 Å². The minimum atomic E-state index is -0.880. The summed E-state index contributed by atoms with van der Waals surface area (Å²) in [6.45, 7) is 3.53. The Morgan fingerprint density at radius 1 is 0.714 bits per heavy atom. The number of carbonyl (C=O) groups is 4. The number of H-pyrrole nitrogens is 1. The summed E-state index contributed by atoms with van der Waals surface area (Å²) in [7, 11) is 2.83. The molecule has 0 unspecified atom stereocenters. The van der Waals surface area contributed by atoms with Gasteiger partial charge in [-0.25, -0.2) is 24.2 Å². The molecule has 0 bridgehead atoms. The normalized spacial score (nSPS) is 10.5. The third-order valence-electron chi connectivity index (χ3n) is 5.88. The summed E-state index contributed by atoms with van der Waals surface area (Å²) in [4.78, 5) is 66.4. The maximum atomic E-state index is 12.4. The Morgan fingerprint density at radius 2 is 1.14 bits per heavy atom. The first-order chi connectivity index (χ1) is 20.1. The van der Waals surface area contributed by atoms with E-state index in [0.717, 1.165) is 7.11 Å². The van der Waals surface area contributed by atoms with Crippen molar-refractivity contribution in [1.29, 1.82) is 0 Å². The van der Waals surface area contributed by atoms with Crippen LogP contribution in [0.3, 0.4) is 0 Å². The predicted octanol–water partition coefficient (Wildman–Crippen LogP) is 3.91. The van der Waals surface area contributed by atoms with Crippen molar-refractivity contribution in [2.75, 3.05) is 14.2 Å². The molecule has 0 aliphatic rings. The first-order valence-corrected chi connectivity index (χ1v) is 12.6. The molecule has 0 fully saturated rings. The summed E-state index contributed by atoms with van der Waals surface area (Å²) in [6.07, 6.45) is 0. The van der Waals surface area contributed by atoms with E-state index < -0.39 is 40.7 Å². The number of rotatable bonds is 7. The van der Waals surface area contributed by atoms with E-state index in [9.17, 15) is 24.0 Å². The summed E-state index contributed by atoms with van der Waals surface area (Å²) < 4.78 is 14.5. The van der Waals surface area contributed by atoms with E-state index in [4.69, 9.17) is 9.47 Å². The molecule has 11 heteroatoms. The van der Waals surface area contributed by atoms with Crippen molar-refractivity contribution in [3.05, 3.63) is 130 Å². The van der Waals surface area contributed by atoms with Gasteiger partial charge in [0.15, 0.2) is 5.69 Å². The average Bonchev–Trinajstić information content (AvgIpc) is 3.02. The van der Waals surface area contributed by atoms with Crippen molar-refractivity contribution < 1.29 is 33.4 Å². The van der Waals surface area contributed by atoms with Gasteiger partial charge in [0.2, 0.25) is 5.75 Å². The first kappa shape index (κ1) is 31.1. The van der Waals surface area contributed by atoms with Crippen LogP contribution in [0.4, 0.5) is 0 Å². The van der Waals surface area contributed by atoms with Crippen LogP contribution in [0.5, 0.6) is 5.75 Å². The number of carbonyl (C=O) groups excluding carboxylic acids is 4. The molecule has 0 aliphatic heterocycles. The number of aromatic amines is 1. The number of nitrogens with zero attached hydrogens (tertiary/aromatic N) is 1. The van der Waals surface area contributed by atoms with Crippen LogP contribution in [0.2, 0.25) is 0 Å². The Hall–Kier alpha value is -5.42. The highest BCUT2D eigenvalue weighted by Crippen LogP contribution is 2.19. The second kappa shape index (κ2) is 14.3. The largest absolute Gasteiger partial charge is 0.464 e. The maximum Gasteiger partial charge on any atom is 0.360 e. The molecule has 42 heavy (non-hydrogen) atoms. The molecule has 2 N–H and O–H groups in total. The molecule has 0 atom stereocenters. The van der Waals surface area contributed by atoms with E-state index in [1.165, 1.54) is 12.1 Å². The minimum Gasteiger partial charge on any atom is -0.464 e. The van der Waals surface area contributed by atoms with Crippen molar-refractivity contribution in [2.45, 2.75) is 19.4 Å². The summed E-state index contributed by atoms with van der Waals surface area (Å²) >= 11 is 0. The summed E-state index contributed by atoms with van der Waals surface area (Å²) in [5, 5.41) is 2.96. The number of aromatic nitrogens is 2. The van der Waals surface area contributed by atoms with Crippen LogP contribution in [-0.2, 0) is 15.0 Å². The zero-order valence-electron chi connectivity index (χ0n) is 23.4. The van der Waals surface area contributed by atoms with Gasteiger partial charge < -0.3 is 24.5 Å². The van der Waals surface area contributed by atoms with Gasteiger partial charge in [-0.15, -0.1) is 0 Å². The fraction of sp³-hybridized carbons (Fsp3) is 0.161. The number of nitrogens with one attached hydrogen (secondary N) is 2. The molecule has 1 aromatic heterocycles. The van der Waals surface area contributed by atoms with E-state index in [0.29, 0.717) is 11.1 Å². The Bertz CT molecular complexity index is 1550. The summed E-state index contributed by atoms with van der Waals surface area (Å²) in [6, 6.07) is 24.9. The zero-order valence-corrected chi connectivity index (χ0v) is 23.4. The van der Waals surface area contributed by atoms with Gasteiger partial charge in [0.25, 0.3) is 5.56 Å². The highest BCUT2D eigenvalue weighted by molar-refractivity contribution is 6.02. The molecule has 3 aromatic carbocycles. The van der Waals surface area contributed by atoms with Gasteiger partial charge in [0.05, 0.1) is 29.3 Å². The van der Waals surface area contributed by atoms with Gasteiger partial charge in [-0.3, -0.25) is 4.79 Å². The minimum absolute atomic E-state index is 0.208. The van der Waals surface area contributed by atoms with Crippen molar-refractivity contribution in [2.24, 2.45) is 0 Å². The van der Waals surface area contributed by atoms with Gasteiger partial charge in [0.1, 0.15) is 5.82 Å². The van der Waals surface area contributed by atoms with Gasteiger partial charge in [-0.1, -0.05) is 54.6 Å². The second-order valence-electron chi connectivity index (χ2n) is 9.12. The van der Waals surface area contributed by atoms with Crippen LogP contribution in [0.25, 0.3) is 0 Å². The lowest BCUT2D eigenvalue weighted by Gasteiger charge is -2.23. The van der Waals surface area contributed by atoms with Crippen LogP contribution in [0, 0.1) is 0 Å². The number of ether oxygens (including phenoxy) is 3. The predicted molar refractivity (Wildman–Crippen MR) is 152 cm³/mol. The van der Waals surface area contributed by atoms with Crippen LogP contribution < -0.4 is 15.6 Å². The molecule has 4 aromatic rings. The lowest BCUT2D eigenvalue weighted by molar-refractivity contribution is 0.0396. The van der Waals surface area contributed by atoms with Crippen molar-refractivity contribution in [3.63, 3.8) is 0 Å². The molecule has 216 valence electrons. The molecule has 0 saturated heterocycles. The molecule has 0 amide bonds. The van der Waals surface area contributed by atoms with E-state index in [2.05, 4.69) is 20.0 Å². The van der Waals surface area contributed by atoms with Gasteiger partial charge in [-0.2, -0.15) is 0 Å². The smallest absolute Gasteiger partial charge is 0.360 e. The maximum absolute atomic E-state index is 12.4.